The zero-order valence-electron chi connectivity index (χ0n) is 9.66. The van der Waals surface area contributed by atoms with E-state index in [1.54, 1.807) is 19.1 Å². The molecule has 0 aliphatic rings. The van der Waals surface area contributed by atoms with Crippen LogP contribution in [0.2, 0.25) is 0 Å². The summed E-state index contributed by atoms with van der Waals surface area (Å²) in [5, 5.41) is 0.755. The first-order chi connectivity index (χ1) is 8.52. The smallest absolute Gasteiger partial charge is 0.358 e. The van der Waals surface area contributed by atoms with Crippen molar-refractivity contribution < 1.29 is 13.9 Å². The fourth-order valence-electron chi connectivity index (χ4n) is 1.50. The molecule has 0 spiro atoms. The van der Waals surface area contributed by atoms with Gasteiger partial charge in [-0.05, 0) is 40.5 Å². The molecule has 18 heavy (non-hydrogen) atoms. The standard InChI is InChI=1S/C12H9BrFNO2S/c1-6-15-10(12(16)17-2)11(18-6)7-3-4-9(14)8(13)5-7/h3-5H,1-2H3. The Morgan fingerprint density at radius 2 is 2.22 bits per heavy atom. The Hall–Kier alpha value is -1.27. The van der Waals surface area contributed by atoms with E-state index in [0.29, 0.717) is 9.35 Å². The summed E-state index contributed by atoms with van der Waals surface area (Å²) in [5.74, 6) is -0.839. The van der Waals surface area contributed by atoms with E-state index in [0.717, 1.165) is 10.6 Å². The predicted octanol–water partition coefficient (Wildman–Crippen LogP) is 3.81. The number of carbonyl (C=O) groups is 1. The van der Waals surface area contributed by atoms with Gasteiger partial charge in [0.05, 0.1) is 21.5 Å². The molecule has 0 radical (unpaired) electrons. The van der Waals surface area contributed by atoms with E-state index in [1.165, 1.54) is 24.5 Å². The summed E-state index contributed by atoms with van der Waals surface area (Å²) in [6.45, 7) is 1.80. The van der Waals surface area contributed by atoms with Crippen molar-refractivity contribution >= 4 is 33.2 Å². The molecule has 2 aromatic rings. The molecule has 6 heteroatoms. The van der Waals surface area contributed by atoms with Gasteiger partial charge in [-0.25, -0.2) is 14.2 Å². The Bertz CT molecular complexity index is 612. The highest BCUT2D eigenvalue weighted by Gasteiger charge is 2.19. The van der Waals surface area contributed by atoms with Crippen molar-refractivity contribution in [1.29, 1.82) is 0 Å². The largest absolute Gasteiger partial charge is 0.464 e. The molecule has 3 nitrogen and oxygen atoms in total. The zero-order valence-corrected chi connectivity index (χ0v) is 12.1. The van der Waals surface area contributed by atoms with Gasteiger partial charge in [0.2, 0.25) is 0 Å². The average molecular weight is 330 g/mol. The maximum atomic E-state index is 13.2. The third-order valence-electron chi connectivity index (χ3n) is 2.29. The van der Waals surface area contributed by atoms with Crippen LogP contribution in [-0.4, -0.2) is 18.1 Å². The lowest BCUT2D eigenvalue weighted by Gasteiger charge is -2.02. The van der Waals surface area contributed by atoms with Gasteiger partial charge in [-0.2, -0.15) is 0 Å². The second-order valence-electron chi connectivity index (χ2n) is 3.53. The third-order valence-corrected chi connectivity index (χ3v) is 3.92. The Morgan fingerprint density at radius 3 is 2.83 bits per heavy atom. The van der Waals surface area contributed by atoms with Crippen molar-refractivity contribution in [2.75, 3.05) is 7.11 Å². The minimum absolute atomic E-state index is 0.263. The molecule has 0 bridgehead atoms. The molecule has 1 aromatic carbocycles. The van der Waals surface area contributed by atoms with Crippen molar-refractivity contribution in [2.45, 2.75) is 6.92 Å². The Balaban J connectivity index is 2.56. The molecule has 0 unspecified atom stereocenters. The van der Waals surface area contributed by atoms with Gasteiger partial charge in [-0.1, -0.05) is 6.07 Å². The summed E-state index contributed by atoms with van der Waals surface area (Å²) in [6, 6.07) is 4.57. The Kier molecular flexibility index (Phi) is 3.77. The van der Waals surface area contributed by atoms with Crippen molar-refractivity contribution in [3.63, 3.8) is 0 Å². The minimum atomic E-state index is -0.491. The zero-order chi connectivity index (χ0) is 13.3. The molecule has 0 saturated heterocycles. The van der Waals surface area contributed by atoms with Gasteiger partial charge in [0.15, 0.2) is 5.69 Å². The monoisotopic (exact) mass is 329 g/mol. The topological polar surface area (TPSA) is 39.2 Å². The molecular weight excluding hydrogens is 321 g/mol. The lowest BCUT2D eigenvalue weighted by atomic mass is 10.1. The van der Waals surface area contributed by atoms with Gasteiger partial charge < -0.3 is 4.74 Å². The van der Waals surface area contributed by atoms with Crippen LogP contribution in [0, 0.1) is 12.7 Å². The quantitative estimate of drug-likeness (QED) is 0.786. The molecule has 2 rings (SSSR count). The number of benzene rings is 1. The summed E-state index contributed by atoms with van der Waals surface area (Å²) in [5.41, 5.74) is 0.993. The lowest BCUT2D eigenvalue weighted by Crippen LogP contribution is -2.03. The molecule has 0 amide bonds. The summed E-state index contributed by atoms with van der Waals surface area (Å²) in [4.78, 5) is 16.4. The van der Waals surface area contributed by atoms with Crippen molar-refractivity contribution in [2.24, 2.45) is 0 Å². The van der Waals surface area contributed by atoms with Crippen LogP contribution >= 0.6 is 27.3 Å². The molecule has 0 N–H and O–H groups in total. The number of aromatic nitrogens is 1. The molecular formula is C12H9BrFNO2S. The van der Waals surface area contributed by atoms with Crippen molar-refractivity contribution in [3.8, 4) is 10.4 Å². The van der Waals surface area contributed by atoms with Crippen LogP contribution in [0.4, 0.5) is 4.39 Å². The van der Waals surface area contributed by atoms with Gasteiger partial charge in [-0.3, -0.25) is 0 Å². The van der Waals surface area contributed by atoms with E-state index in [4.69, 9.17) is 0 Å². The van der Waals surface area contributed by atoms with Crippen LogP contribution < -0.4 is 0 Å². The van der Waals surface area contributed by atoms with Crippen LogP contribution in [0.3, 0.4) is 0 Å². The lowest BCUT2D eigenvalue weighted by molar-refractivity contribution is 0.0595. The van der Waals surface area contributed by atoms with E-state index < -0.39 is 5.97 Å². The highest BCUT2D eigenvalue weighted by atomic mass is 79.9. The number of nitrogens with zero attached hydrogens (tertiary/aromatic N) is 1. The maximum absolute atomic E-state index is 13.2. The molecule has 0 saturated carbocycles. The van der Waals surface area contributed by atoms with Gasteiger partial charge in [0.25, 0.3) is 0 Å². The first-order valence-corrected chi connectivity index (χ1v) is 6.65. The normalized spacial score (nSPS) is 10.4. The fourth-order valence-corrected chi connectivity index (χ4v) is 2.78. The van der Waals surface area contributed by atoms with Crippen LogP contribution in [0.5, 0.6) is 0 Å². The molecule has 94 valence electrons. The van der Waals surface area contributed by atoms with Gasteiger partial charge >= 0.3 is 5.97 Å². The minimum Gasteiger partial charge on any atom is -0.464 e. The predicted molar refractivity (Wildman–Crippen MR) is 71.3 cm³/mol. The van der Waals surface area contributed by atoms with E-state index in [2.05, 4.69) is 25.7 Å². The average Bonchev–Trinajstić information content (AvgIpc) is 2.74. The number of thiazole rings is 1. The van der Waals surface area contributed by atoms with Crippen LogP contribution in [0.15, 0.2) is 22.7 Å². The van der Waals surface area contributed by atoms with Crippen LogP contribution in [0.25, 0.3) is 10.4 Å². The molecule has 0 fully saturated rings. The second-order valence-corrected chi connectivity index (χ2v) is 5.59. The van der Waals surface area contributed by atoms with E-state index in [-0.39, 0.29) is 11.5 Å². The van der Waals surface area contributed by atoms with Crippen molar-refractivity contribution in [3.05, 3.63) is 39.2 Å². The molecule has 0 atom stereocenters. The van der Waals surface area contributed by atoms with E-state index in [1.807, 2.05) is 0 Å². The highest BCUT2D eigenvalue weighted by Crippen LogP contribution is 2.32. The number of hydrogen-bond donors (Lipinski definition) is 0. The number of halogens is 2. The number of esters is 1. The second kappa shape index (κ2) is 5.16. The molecule has 0 aliphatic heterocycles. The number of aryl methyl sites for hydroxylation is 1. The molecule has 1 heterocycles. The highest BCUT2D eigenvalue weighted by molar-refractivity contribution is 9.10. The van der Waals surface area contributed by atoms with E-state index >= 15 is 0 Å². The first-order valence-electron chi connectivity index (χ1n) is 5.04. The SMILES string of the molecule is COC(=O)c1nc(C)sc1-c1ccc(F)c(Br)c1. The van der Waals surface area contributed by atoms with Gasteiger partial charge in [0.1, 0.15) is 5.82 Å². The van der Waals surface area contributed by atoms with E-state index in [9.17, 15) is 9.18 Å². The summed E-state index contributed by atoms with van der Waals surface area (Å²) in [6.07, 6.45) is 0. The number of carbonyl (C=O) groups excluding carboxylic acids is 1. The molecule has 1 aromatic heterocycles. The first kappa shape index (κ1) is 13.2. The van der Waals surface area contributed by atoms with Crippen LogP contribution in [-0.2, 0) is 4.74 Å². The Labute approximate surface area is 116 Å². The number of ether oxygens (including phenoxy) is 1. The number of rotatable bonds is 2. The summed E-state index contributed by atoms with van der Waals surface area (Å²) >= 11 is 4.49. The van der Waals surface area contributed by atoms with Crippen LogP contribution in [0.1, 0.15) is 15.5 Å². The summed E-state index contributed by atoms with van der Waals surface area (Å²) in [7, 11) is 1.31. The summed E-state index contributed by atoms with van der Waals surface area (Å²) < 4.78 is 18.2. The van der Waals surface area contributed by atoms with Crippen molar-refractivity contribution in [1.82, 2.24) is 4.98 Å². The Morgan fingerprint density at radius 1 is 1.50 bits per heavy atom. The molecule has 0 aliphatic carbocycles. The van der Waals surface area contributed by atoms with Gasteiger partial charge in [-0.15, -0.1) is 11.3 Å². The number of methoxy groups -OCH3 is 1. The van der Waals surface area contributed by atoms with Gasteiger partial charge in [0, 0.05) is 0 Å². The fraction of sp³-hybridized carbons (Fsp3) is 0.167. The number of hydrogen-bond acceptors (Lipinski definition) is 4. The maximum Gasteiger partial charge on any atom is 0.358 e. The third kappa shape index (κ3) is 2.44.